The Labute approximate surface area is 108 Å². The molecule has 17 heavy (non-hydrogen) atoms. The van der Waals surface area contributed by atoms with Gasteiger partial charge in [0.05, 0.1) is 0 Å². The van der Waals surface area contributed by atoms with Crippen molar-refractivity contribution in [3.05, 3.63) is 12.2 Å². The van der Waals surface area contributed by atoms with Gasteiger partial charge in [0.2, 0.25) is 0 Å². The Morgan fingerprint density at radius 3 is 2.59 bits per heavy atom. The molecule has 0 aromatic carbocycles. The molecule has 1 heteroatoms. The second kappa shape index (κ2) is 7.20. The highest BCUT2D eigenvalue weighted by atomic mass is 14.6. The van der Waals surface area contributed by atoms with E-state index in [2.05, 4.69) is 27.4 Å². The zero-order valence-corrected chi connectivity index (χ0v) is 12.0. The lowest BCUT2D eigenvalue weighted by Crippen LogP contribution is -2.23. The molecule has 4 unspecified atom stereocenters. The summed E-state index contributed by atoms with van der Waals surface area (Å²) in [5, 5.41) is 0. The van der Waals surface area contributed by atoms with Gasteiger partial charge >= 0.3 is 0 Å². The van der Waals surface area contributed by atoms with Gasteiger partial charge in [-0.2, -0.15) is 0 Å². The van der Waals surface area contributed by atoms with Gasteiger partial charge in [0, 0.05) is 6.04 Å². The van der Waals surface area contributed by atoms with Crippen molar-refractivity contribution in [1.82, 2.24) is 0 Å². The van der Waals surface area contributed by atoms with E-state index in [-0.39, 0.29) is 0 Å². The van der Waals surface area contributed by atoms with E-state index in [0.717, 1.165) is 24.2 Å². The lowest BCUT2D eigenvalue weighted by Gasteiger charge is -2.23. The van der Waals surface area contributed by atoms with Gasteiger partial charge < -0.3 is 5.73 Å². The van der Waals surface area contributed by atoms with E-state index in [1.54, 1.807) is 0 Å². The van der Waals surface area contributed by atoms with Crippen molar-refractivity contribution in [3.8, 4) is 0 Å². The van der Waals surface area contributed by atoms with Crippen molar-refractivity contribution in [2.45, 2.75) is 71.8 Å². The van der Waals surface area contributed by atoms with Crippen molar-refractivity contribution in [1.29, 1.82) is 0 Å². The summed E-state index contributed by atoms with van der Waals surface area (Å²) >= 11 is 0. The van der Waals surface area contributed by atoms with E-state index in [1.165, 1.54) is 44.1 Å². The number of rotatable bonds is 5. The number of hydrogen-bond donors (Lipinski definition) is 1. The summed E-state index contributed by atoms with van der Waals surface area (Å²) in [6.07, 6.45) is 9.14. The molecule has 1 rings (SSSR count). The first-order valence-corrected chi connectivity index (χ1v) is 7.41. The summed E-state index contributed by atoms with van der Waals surface area (Å²) < 4.78 is 0. The van der Waals surface area contributed by atoms with Crippen LogP contribution in [0.15, 0.2) is 12.2 Å². The first-order valence-electron chi connectivity index (χ1n) is 7.41. The predicted octanol–water partition coefficient (Wildman–Crippen LogP) is 4.52. The molecular weight excluding hydrogens is 206 g/mol. The van der Waals surface area contributed by atoms with Crippen LogP contribution in [0, 0.1) is 17.8 Å². The highest BCUT2D eigenvalue weighted by molar-refractivity contribution is 4.92. The topological polar surface area (TPSA) is 26.0 Å². The third kappa shape index (κ3) is 5.72. The summed E-state index contributed by atoms with van der Waals surface area (Å²) in [5.74, 6) is 2.61. The molecule has 1 aliphatic rings. The molecule has 0 bridgehead atoms. The molecule has 1 aliphatic carbocycles. The van der Waals surface area contributed by atoms with E-state index in [1.807, 2.05) is 0 Å². The second-order valence-corrected chi connectivity index (χ2v) is 6.45. The Kier molecular flexibility index (Phi) is 6.26. The van der Waals surface area contributed by atoms with Gasteiger partial charge in [-0.1, -0.05) is 25.8 Å². The summed E-state index contributed by atoms with van der Waals surface area (Å²) in [4.78, 5) is 0. The summed E-state index contributed by atoms with van der Waals surface area (Å²) in [6, 6.07) is 0.413. The SMILES string of the molecule is C=C(C)CC1CCC(C)CC(CC(N)CC)C1. The minimum absolute atomic E-state index is 0.413. The fourth-order valence-electron chi connectivity index (χ4n) is 3.36. The maximum Gasteiger partial charge on any atom is 0.00388 e. The third-order valence-electron chi connectivity index (χ3n) is 4.27. The molecule has 0 aromatic rings. The first-order chi connectivity index (χ1) is 8.01. The fourth-order valence-corrected chi connectivity index (χ4v) is 3.36. The Balaban J connectivity index is 2.52. The Hall–Kier alpha value is -0.300. The van der Waals surface area contributed by atoms with Gasteiger partial charge in [0.1, 0.15) is 0 Å². The van der Waals surface area contributed by atoms with E-state index in [4.69, 9.17) is 5.73 Å². The fraction of sp³-hybridized carbons (Fsp3) is 0.875. The number of hydrogen-bond acceptors (Lipinski definition) is 1. The maximum absolute atomic E-state index is 6.13. The van der Waals surface area contributed by atoms with Crippen LogP contribution in [0.2, 0.25) is 0 Å². The van der Waals surface area contributed by atoms with Crippen LogP contribution in [0.1, 0.15) is 65.7 Å². The molecule has 0 spiro atoms. The molecule has 0 saturated heterocycles. The van der Waals surface area contributed by atoms with Crippen LogP contribution in [-0.4, -0.2) is 6.04 Å². The summed E-state index contributed by atoms with van der Waals surface area (Å²) in [7, 11) is 0. The maximum atomic E-state index is 6.13. The highest BCUT2D eigenvalue weighted by Crippen LogP contribution is 2.36. The zero-order chi connectivity index (χ0) is 12.8. The van der Waals surface area contributed by atoms with Crippen LogP contribution in [-0.2, 0) is 0 Å². The predicted molar refractivity (Wildman–Crippen MR) is 76.9 cm³/mol. The largest absolute Gasteiger partial charge is 0.328 e. The molecule has 0 amide bonds. The van der Waals surface area contributed by atoms with E-state index < -0.39 is 0 Å². The standard InChI is InChI=1S/C16H31N/c1-5-16(17)11-15-9-13(4)6-7-14(10-15)8-12(2)3/h13-16H,2,5-11,17H2,1,3-4H3. The van der Waals surface area contributed by atoms with Crippen molar-refractivity contribution >= 4 is 0 Å². The lowest BCUT2D eigenvalue weighted by molar-refractivity contribution is 0.318. The Morgan fingerprint density at radius 1 is 1.29 bits per heavy atom. The van der Waals surface area contributed by atoms with Crippen LogP contribution in [0.3, 0.4) is 0 Å². The molecule has 1 saturated carbocycles. The molecular formula is C16H31N. The molecule has 1 fully saturated rings. The smallest absolute Gasteiger partial charge is 0.00388 e. The minimum atomic E-state index is 0.413. The lowest BCUT2D eigenvalue weighted by atomic mass is 9.84. The Bertz CT molecular complexity index is 234. The first kappa shape index (κ1) is 14.8. The summed E-state index contributed by atoms with van der Waals surface area (Å²) in [5.41, 5.74) is 7.48. The third-order valence-corrected chi connectivity index (χ3v) is 4.27. The zero-order valence-electron chi connectivity index (χ0n) is 12.0. The van der Waals surface area contributed by atoms with Crippen LogP contribution in [0.4, 0.5) is 0 Å². The second-order valence-electron chi connectivity index (χ2n) is 6.45. The van der Waals surface area contributed by atoms with Crippen LogP contribution in [0.25, 0.3) is 0 Å². The van der Waals surface area contributed by atoms with Gasteiger partial charge in [-0.3, -0.25) is 0 Å². The summed E-state index contributed by atoms with van der Waals surface area (Å²) in [6.45, 7) is 10.9. The molecule has 0 radical (unpaired) electrons. The molecule has 0 heterocycles. The quantitative estimate of drug-likeness (QED) is 0.552. The molecule has 0 aromatic heterocycles. The molecule has 0 aliphatic heterocycles. The van der Waals surface area contributed by atoms with Crippen molar-refractivity contribution in [3.63, 3.8) is 0 Å². The van der Waals surface area contributed by atoms with Crippen molar-refractivity contribution in [2.24, 2.45) is 23.5 Å². The van der Waals surface area contributed by atoms with Gasteiger partial charge in [0.15, 0.2) is 0 Å². The van der Waals surface area contributed by atoms with E-state index >= 15 is 0 Å². The van der Waals surface area contributed by atoms with Crippen LogP contribution >= 0.6 is 0 Å². The van der Waals surface area contributed by atoms with Crippen molar-refractivity contribution < 1.29 is 0 Å². The highest BCUT2D eigenvalue weighted by Gasteiger charge is 2.24. The molecule has 2 N–H and O–H groups in total. The van der Waals surface area contributed by atoms with Crippen LogP contribution < -0.4 is 5.73 Å². The van der Waals surface area contributed by atoms with Crippen LogP contribution in [0.5, 0.6) is 0 Å². The monoisotopic (exact) mass is 237 g/mol. The molecule has 100 valence electrons. The Morgan fingerprint density at radius 2 is 2.00 bits per heavy atom. The average molecular weight is 237 g/mol. The van der Waals surface area contributed by atoms with E-state index in [0.29, 0.717) is 6.04 Å². The number of nitrogens with two attached hydrogens (primary N) is 1. The van der Waals surface area contributed by atoms with E-state index in [9.17, 15) is 0 Å². The van der Waals surface area contributed by atoms with Gasteiger partial charge in [0.25, 0.3) is 0 Å². The normalized spacial score (nSPS) is 31.9. The average Bonchev–Trinajstić information content (AvgIpc) is 2.39. The van der Waals surface area contributed by atoms with Gasteiger partial charge in [-0.25, -0.2) is 0 Å². The minimum Gasteiger partial charge on any atom is -0.328 e. The number of allylic oxidation sites excluding steroid dienone is 1. The molecule has 4 atom stereocenters. The van der Waals surface area contributed by atoms with Gasteiger partial charge in [-0.15, -0.1) is 6.58 Å². The van der Waals surface area contributed by atoms with Crippen molar-refractivity contribution in [2.75, 3.05) is 0 Å². The van der Waals surface area contributed by atoms with Gasteiger partial charge in [-0.05, 0) is 63.2 Å². The molecule has 1 nitrogen and oxygen atoms in total.